The van der Waals surface area contributed by atoms with Crippen LogP contribution in [0.15, 0.2) is 6.20 Å². The Balaban J connectivity index is 2.06. The molecular weight excluding hydrogens is 290 g/mol. The molecule has 0 aliphatic carbocycles. The molecule has 6 nitrogen and oxygen atoms in total. The van der Waals surface area contributed by atoms with Crippen LogP contribution in [0.25, 0.3) is 0 Å². The fourth-order valence-corrected chi connectivity index (χ4v) is 2.36. The number of halogens is 1. The minimum absolute atomic E-state index is 0.0168. The van der Waals surface area contributed by atoms with Crippen molar-refractivity contribution in [2.45, 2.75) is 33.9 Å². The Morgan fingerprint density at radius 2 is 1.95 bits per heavy atom. The maximum atomic E-state index is 12.3. The SMILES string of the molecule is Cc1nn(CC(=O)N(C)Cc2c(C)nn(C)c2C)cc1Cl. The van der Waals surface area contributed by atoms with Crippen LogP contribution in [0.5, 0.6) is 0 Å². The summed E-state index contributed by atoms with van der Waals surface area (Å²) in [6.45, 7) is 6.50. The molecule has 2 aromatic heterocycles. The van der Waals surface area contributed by atoms with Crippen molar-refractivity contribution in [1.82, 2.24) is 24.5 Å². The number of hydrogen-bond acceptors (Lipinski definition) is 3. The second kappa shape index (κ2) is 5.89. The molecule has 1 amide bonds. The predicted molar refractivity (Wildman–Crippen MR) is 81.1 cm³/mol. The number of amides is 1. The first kappa shape index (κ1) is 15.6. The van der Waals surface area contributed by atoms with E-state index in [0.29, 0.717) is 11.6 Å². The van der Waals surface area contributed by atoms with Crippen LogP contribution in [0.2, 0.25) is 5.02 Å². The van der Waals surface area contributed by atoms with Gasteiger partial charge in [0.2, 0.25) is 5.91 Å². The van der Waals surface area contributed by atoms with E-state index in [9.17, 15) is 4.79 Å². The number of aryl methyl sites for hydroxylation is 3. The number of rotatable bonds is 4. The lowest BCUT2D eigenvalue weighted by atomic mass is 10.2. The standard InChI is InChI=1S/C14H20ClN5O/c1-9-12(11(3)19(5)16-9)6-18(4)14(21)8-20-7-13(15)10(2)17-20/h7H,6,8H2,1-5H3. The average Bonchev–Trinajstić information content (AvgIpc) is 2.83. The topological polar surface area (TPSA) is 56.0 Å². The van der Waals surface area contributed by atoms with Gasteiger partial charge >= 0.3 is 0 Å². The monoisotopic (exact) mass is 309 g/mol. The van der Waals surface area contributed by atoms with Crippen molar-refractivity contribution in [2.24, 2.45) is 7.05 Å². The summed E-state index contributed by atoms with van der Waals surface area (Å²) in [5.41, 5.74) is 3.84. The van der Waals surface area contributed by atoms with Gasteiger partial charge in [0.1, 0.15) is 6.54 Å². The maximum absolute atomic E-state index is 12.3. The van der Waals surface area contributed by atoms with Gasteiger partial charge in [0, 0.05) is 38.1 Å². The highest BCUT2D eigenvalue weighted by Gasteiger charge is 2.16. The summed E-state index contributed by atoms with van der Waals surface area (Å²) < 4.78 is 3.40. The lowest BCUT2D eigenvalue weighted by molar-refractivity contribution is -0.131. The van der Waals surface area contributed by atoms with Gasteiger partial charge in [-0.3, -0.25) is 14.2 Å². The molecule has 21 heavy (non-hydrogen) atoms. The molecule has 0 saturated carbocycles. The quantitative estimate of drug-likeness (QED) is 0.866. The highest BCUT2D eigenvalue weighted by atomic mass is 35.5. The van der Waals surface area contributed by atoms with Gasteiger partial charge in [-0.05, 0) is 20.8 Å². The third kappa shape index (κ3) is 3.26. The van der Waals surface area contributed by atoms with Gasteiger partial charge in [0.15, 0.2) is 0 Å². The molecule has 0 atom stereocenters. The number of hydrogen-bond donors (Lipinski definition) is 0. The van der Waals surface area contributed by atoms with Gasteiger partial charge in [-0.25, -0.2) is 0 Å². The summed E-state index contributed by atoms with van der Waals surface area (Å²) in [6, 6.07) is 0. The first-order valence-electron chi connectivity index (χ1n) is 6.72. The van der Waals surface area contributed by atoms with Crippen molar-refractivity contribution in [2.75, 3.05) is 7.05 Å². The zero-order chi connectivity index (χ0) is 15.7. The van der Waals surface area contributed by atoms with Crippen LogP contribution in [0.4, 0.5) is 0 Å². The molecule has 0 aliphatic heterocycles. The molecule has 0 radical (unpaired) electrons. The van der Waals surface area contributed by atoms with Gasteiger partial charge in [-0.15, -0.1) is 0 Å². The van der Waals surface area contributed by atoms with Crippen LogP contribution in [0.3, 0.4) is 0 Å². The number of aromatic nitrogens is 4. The van der Waals surface area contributed by atoms with Crippen LogP contribution >= 0.6 is 11.6 Å². The summed E-state index contributed by atoms with van der Waals surface area (Å²) in [6.07, 6.45) is 1.67. The molecule has 0 spiro atoms. The molecule has 2 aromatic rings. The van der Waals surface area contributed by atoms with Gasteiger partial charge in [-0.2, -0.15) is 10.2 Å². The van der Waals surface area contributed by atoms with Crippen molar-refractivity contribution < 1.29 is 4.79 Å². The molecule has 0 bridgehead atoms. The van der Waals surface area contributed by atoms with E-state index < -0.39 is 0 Å². The van der Waals surface area contributed by atoms with Crippen molar-refractivity contribution in [3.63, 3.8) is 0 Å². The number of nitrogens with zero attached hydrogens (tertiary/aromatic N) is 5. The van der Waals surface area contributed by atoms with Crippen molar-refractivity contribution in [1.29, 1.82) is 0 Å². The molecule has 0 aliphatic rings. The Kier molecular flexibility index (Phi) is 4.37. The molecule has 0 N–H and O–H groups in total. The zero-order valence-electron chi connectivity index (χ0n) is 13.0. The average molecular weight is 310 g/mol. The molecule has 0 saturated heterocycles. The Bertz CT molecular complexity index is 654. The van der Waals surface area contributed by atoms with Crippen LogP contribution in [-0.2, 0) is 24.9 Å². The van der Waals surface area contributed by atoms with E-state index in [1.165, 1.54) is 0 Å². The summed E-state index contributed by atoms with van der Waals surface area (Å²) in [7, 11) is 3.69. The second-order valence-electron chi connectivity index (χ2n) is 5.28. The smallest absolute Gasteiger partial charge is 0.244 e. The maximum Gasteiger partial charge on any atom is 0.244 e. The second-order valence-corrected chi connectivity index (χ2v) is 5.69. The predicted octanol–water partition coefficient (Wildman–Crippen LogP) is 1.85. The van der Waals surface area contributed by atoms with E-state index in [4.69, 9.17) is 11.6 Å². The van der Waals surface area contributed by atoms with E-state index in [1.54, 1.807) is 22.8 Å². The molecule has 7 heteroatoms. The normalized spacial score (nSPS) is 11.0. The van der Waals surface area contributed by atoms with Crippen molar-refractivity contribution in [3.05, 3.63) is 33.9 Å². The molecule has 0 aromatic carbocycles. The first-order valence-corrected chi connectivity index (χ1v) is 7.10. The Hall–Kier alpha value is -1.82. The van der Waals surface area contributed by atoms with E-state index >= 15 is 0 Å². The van der Waals surface area contributed by atoms with Crippen LogP contribution < -0.4 is 0 Å². The summed E-state index contributed by atoms with van der Waals surface area (Å²) in [4.78, 5) is 13.9. The van der Waals surface area contributed by atoms with E-state index in [-0.39, 0.29) is 12.5 Å². The molecular formula is C14H20ClN5O. The lowest BCUT2D eigenvalue weighted by Crippen LogP contribution is -2.30. The largest absolute Gasteiger partial charge is 0.340 e. The lowest BCUT2D eigenvalue weighted by Gasteiger charge is -2.17. The summed E-state index contributed by atoms with van der Waals surface area (Å²) in [5, 5.41) is 9.14. The fourth-order valence-electron chi connectivity index (χ4n) is 2.21. The number of carbonyl (C=O) groups excluding carboxylic acids is 1. The third-order valence-electron chi connectivity index (χ3n) is 3.66. The zero-order valence-corrected chi connectivity index (χ0v) is 13.8. The summed E-state index contributed by atoms with van der Waals surface area (Å²) >= 11 is 5.95. The fraction of sp³-hybridized carbons (Fsp3) is 0.500. The summed E-state index contributed by atoms with van der Waals surface area (Å²) in [5.74, 6) is -0.0168. The van der Waals surface area contributed by atoms with Crippen LogP contribution in [0.1, 0.15) is 22.6 Å². The van der Waals surface area contributed by atoms with Gasteiger partial charge in [-0.1, -0.05) is 11.6 Å². The minimum Gasteiger partial charge on any atom is -0.340 e. The van der Waals surface area contributed by atoms with Gasteiger partial charge in [0.05, 0.1) is 16.4 Å². The van der Waals surface area contributed by atoms with Crippen molar-refractivity contribution in [3.8, 4) is 0 Å². The molecule has 2 heterocycles. The number of carbonyl (C=O) groups is 1. The van der Waals surface area contributed by atoms with Crippen LogP contribution in [0, 0.1) is 20.8 Å². The minimum atomic E-state index is -0.0168. The molecule has 0 unspecified atom stereocenters. The van der Waals surface area contributed by atoms with Crippen molar-refractivity contribution >= 4 is 17.5 Å². The van der Waals surface area contributed by atoms with Gasteiger partial charge in [0.25, 0.3) is 0 Å². The van der Waals surface area contributed by atoms with Gasteiger partial charge < -0.3 is 4.90 Å². The Morgan fingerprint density at radius 1 is 1.29 bits per heavy atom. The van der Waals surface area contributed by atoms with Crippen LogP contribution in [-0.4, -0.2) is 37.4 Å². The first-order chi connectivity index (χ1) is 9.79. The van der Waals surface area contributed by atoms with E-state index in [1.807, 2.05) is 32.5 Å². The molecule has 114 valence electrons. The third-order valence-corrected chi connectivity index (χ3v) is 4.03. The Morgan fingerprint density at radius 3 is 2.43 bits per heavy atom. The highest BCUT2D eigenvalue weighted by Crippen LogP contribution is 2.15. The number of likely N-dealkylation sites (N-methyl/N-ethyl adjacent to an activating group) is 1. The Labute approximate surface area is 129 Å². The van der Waals surface area contributed by atoms with E-state index in [0.717, 1.165) is 22.6 Å². The van der Waals surface area contributed by atoms with E-state index in [2.05, 4.69) is 10.2 Å². The molecule has 2 rings (SSSR count). The molecule has 0 fully saturated rings. The highest BCUT2D eigenvalue weighted by molar-refractivity contribution is 6.31.